The number of amides is 1. The largest absolute Gasteiger partial charge is 0.489 e. The van der Waals surface area contributed by atoms with Crippen LogP contribution in [0.5, 0.6) is 5.75 Å². The molecule has 1 amide bonds. The Kier molecular flexibility index (Phi) is 3.38. The van der Waals surface area contributed by atoms with Gasteiger partial charge in [-0.15, -0.1) is 0 Å². The maximum absolute atomic E-state index is 13.4. The number of nitrogens with zero attached hydrogens (tertiary/aromatic N) is 1. The number of rotatable bonds is 4. The second-order valence-electron chi connectivity index (χ2n) is 4.99. The van der Waals surface area contributed by atoms with Crippen LogP contribution in [-0.2, 0) is 4.79 Å². The number of ether oxygens (including phenoxy) is 1. The fraction of sp³-hybridized carbons (Fsp3) is 0.500. The standard InChI is InChI=1S/C14H17FN2O2/c15-10-3-1-2-4-13(10)19-8-7-17-12-5-6-16-11(12)9-14(17)18/h1-4,11-12,16H,5-9H2/t11-,12-/m1/s1. The third kappa shape index (κ3) is 2.42. The first-order valence-corrected chi connectivity index (χ1v) is 6.66. The van der Waals surface area contributed by atoms with Gasteiger partial charge in [0.1, 0.15) is 6.61 Å². The third-order valence-corrected chi connectivity index (χ3v) is 3.85. The number of hydrogen-bond acceptors (Lipinski definition) is 3. The monoisotopic (exact) mass is 264 g/mol. The number of hydrogen-bond donors (Lipinski definition) is 1. The number of halogens is 1. The van der Waals surface area contributed by atoms with Crippen LogP contribution < -0.4 is 10.1 Å². The van der Waals surface area contributed by atoms with Gasteiger partial charge in [0.2, 0.25) is 5.91 Å². The van der Waals surface area contributed by atoms with Crippen molar-refractivity contribution in [1.29, 1.82) is 0 Å². The van der Waals surface area contributed by atoms with Gasteiger partial charge in [0.25, 0.3) is 0 Å². The van der Waals surface area contributed by atoms with E-state index in [4.69, 9.17) is 4.74 Å². The molecule has 19 heavy (non-hydrogen) atoms. The molecule has 2 saturated heterocycles. The van der Waals surface area contributed by atoms with E-state index in [9.17, 15) is 9.18 Å². The highest BCUT2D eigenvalue weighted by Crippen LogP contribution is 2.25. The van der Waals surface area contributed by atoms with E-state index in [2.05, 4.69) is 5.32 Å². The predicted octanol–water partition coefficient (Wildman–Crippen LogP) is 1.17. The lowest BCUT2D eigenvalue weighted by molar-refractivity contribution is -0.129. The molecule has 0 spiro atoms. The van der Waals surface area contributed by atoms with E-state index < -0.39 is 0 Å². The molecule has 2 heterocycles. The molecule has 1 aromatic rings. The highest BCUT2D eigenvalue weighted by atomic mass is 19.1. The number of carbonyl (C=O) groups excluding carboxylic acids is 1. The molecular formula is C14H17FN2O2. The Hall–Kier alpha value is -1.62. The molecule has 4 nitrogen and oxygen atoms in total. The highest BCUT2D eigenvalue weighted by Gasteiger charge is 2.41. The van der Waals surface area contributed by atoms with Gasteiger partial charge >= 0.3 is 0 Å². The normalized spacial score (nSPS) is 25.7. The zero-order chi connectivity index (χ0) is 13.2. The molecule has 0 radical (unpaired) electrons. The first kappa shape index (κ1) is 12.4. The van der Waals surface area contributed by atoms with Gasteiger partial charge in [0.05, 0.1) is 6.54 Å². The predicted molar refractivity (Wildman–Crippen MR) is 68.4 cm³/mol. The highest BCUT2D eigenvalue weighted by molar-refractivity contribution is 5.80. The van der Waals surface area contributed by atoms with Crippen LogP contribution in [0, 0.1) is 5.82 Å². The van der Waals surface area contributed by atoms with E-state index in [0.29, 0.717) is 25.6 Å². The first-order valence-electron chi connectivity index (χ1n) is 6.66. The quantitative estimate of drug-likeness (QED) is 0.887. The lowest BCUT2D eigenvalue weighted by Crippen LogP contribution is -2.38. The molecule has 5 heteroatoms. The maximum atomic E-state index is 13.4. The van der Waals surface area contributed by atoms with Crippen molar-refractivity contribution in [3.63, 3.8) is 0 Å². The van der Waals surface area contributed by atoms with Crippen LogP contribution in [-0.4, -0.2) is 42.6 Å². The van der Waals surface area contributed by atoms with Crippen LogP contribution in [0.4, 0.5) is 4.39 Å². The minimum atomic E-state index is -0.365. The molecule has 2 aliphatic rings. The number of fused-ring (bicyclic) bond motifs is 1. The molecule has 1 N–H and O–H groups in total. The summed E-state index contributed by atoms with van der Waals surface area (Å²) in [6, 6.07) is 6.91. The summed E-state index contributed by atoms with van der Waals surface area (Å²) in [5, 5.41) is 3.33. The van der Waals surface area contributed by atoms with Crippen LogP contribution in [0.3, 0.4) is 0 Å². The van der Waals surface area contributed by atoms with Crippen molar-refractivity contribution in [2.24, 2.45) is 0 Å². The van der Waals surface area contributed by atoms with E-state index in [-0.39, 0.29) is 23.5 Å². The fourth-order valence-electron chi connectivity index (χ4n) is 2.93. The van der Waals surface area contributed by atoms with Gasteiger partial charge in [-0.2, -0.15) is 0 Å². The average molecular weight is 264 g/mol. The Morgan fingerprint density at radius 1 is 1.42 bits per heavy atom. The van der Waals surface area contributed by atoms with Gasteiger partial charge in [-0.1, -0.05) is 12.1 Å². The first-order chi connectivity index (χ1) is 9.25. The molecule has 0 bridgehead atoms. The molecular weight excluding hydrogens is 247 g/mol. The van der Waals surface area contributed by atoms with Gasteiger partial charge in [-0.25, -0.2) is 4.39 Å². The Bertz CT molecular complexity index is 480. The SMILES string of the molecule is O=C1C[C@H]2NCC[C@H]2N1CCOc1ccccc1F. The Balaban J connectivity index is 1.55. The van der Waals surface area contributed by atoms with E-state index in [0.717, 1.165) is 13.0 Å². The summed E-state index contributed by atoms with van der Waals surface area (Å²) in [7, 11) is 0. The molecule has 3 rings (SSSR count). The summed E-state index contributed by atoms with van der Waals surface area (Å²) < 4.78 is 18.8. The zero-order valence-electron chi connectivity index (χ0n) is 10.6. The molecule has 0 saturated carbocycles. The van der Waals surface area contributed by atoms with Crippen molar-refractivity contribution in [2.75, 3.05) is 19.7 Å². The summed E-state index contributed by atoms with van der Waals surface area (Å²) in [5.74, 6) is 0.0465. The van der Waals surface area contributed by atoms with Gasteiger partial charge in [-0.3, -0.25) is 4.79 Å². The second kappa shape index (κ2) is 5.17. The smallest absolute Gasteiger partial charge is 0.224 e. The van der Waals surface area contributed by atoms with Crippen LogP contribution in [0.1, 0.15) is 12.8 Å². The topological polar surface area (TPSA) is 41.6 Å². The summed E-state index contributed by atoms with van der Waals surface area (Å²) in [6.07, 6.45) is 1.57. The summed E-state index contributed by atoms with van der Waals surface area (Å²) >= 11 is 0. The number of para-hydroxylation sites is 1. The Morgan fingerprint density at radius 3 is 3.11 bits per heavy atom. The molecule has 0 aliphatic carbocycles. The number of nitrogens with one attached hydrogen (secondary N) is 1. The molecule has 2 aliphatic heterocycles. The fourth-order valence-corrected chi connectivity index (χ4v) is 2.93. The van der Waals surface area contributed by atoms with Crippen LogP contribution in [0.15, 0.2) is 24.3 Å². The van der Waals surface area contributed by atoms with E-state index in [1.165, 1.54) is 6.07 Å². The van der Waals surface area contributed by atoms with Crippen LogP contribution in [0.2, 0.25) is 0 Å². The number of likely N-dealkylation sites (tertiary alicyclic amines) is 1. The average Bonchev–Trinajstić information content (AvgIpc) is 2.94. The molecule has 2 fully saturated rings. The van der Waals surface area contributed by atoms with Gasteiger partial charge in [-0.05, 0) is 25.1 Å². The number of carbonyl (C=O) groups is 1. The summed E-state index contributed by atoms with van der Waals surface area (Å²) in [5.41, 5.74) is 0. The van der Waals surface area contributed by atoms with Crippen LogP contribution >= 0.6 is 0 Å². The van der Waals surface area contributed by atoms with Crippen molar-refractivity contribution in [3.8, 4) is 5.75 Å². The molecule has 0 aromatic heterocycles. The van der Waals surface area contributed by atoms with Crippen LogP contribution in [0.25, 0.3) is 0 Å². The zero-order valence-corrected chi connectivity index (χ0v) is 10.6. The molecule has 0 unspecified atom stereocenters. The number of benzene rings is 1. The maximum Gasteiger partial charge on any atom is 0.224 e. The van der Waals surface area contributed by atoms with Gasteiger partial charge in [0, 0.05) is 18.5 Å². The molecule has 2 atom stereocenters. The minimum Gasteiger partial charge on any atom is -0.489 e. The van der Waals surface area contributed by atoms with Crippen molar-refractivity contribution < 1.29 is 13.9 Å². The van der Waals surface area contributed by atoms with Crippen molar-refractivity contribution in [1.82, 2.24) is 10.2 Å². The van der Waals surface area contributed by atoms with Crippen molar-refractivity contribution in [2.45, 2.75) is 24.9 Å². The van der Waals surface area contributed by atoms with Crippen molar-refractivity contribution in [3.05, 3.63) is 30.1 Å². The van der Waals surface area contributed by atoms with Crippen molar-refractivity contribution >= 4 is 5.91 Å². The lowest BCUT2D eigenvalue weighted by atomic mass is 10.1. The molecule has 102 valence electrons. The van der Waals surface area contributed by atoms with E-state index >= 15 is 0 Å². The van der Waals surface area contributed by atoms with E-state index in [1.807, 2.05) is 4.90 Å². The Morgan fingerprint density at radius 2 is 2.26 bits per heavy atom. The third-order valence-electron chi connectivity index (χ3n) is 3.85. The lowest BCUT2D eigenvalue weighted by Gasteiger charge is -2.23. The summed E-state index contributed by atoms with van der Waals surface area (Å²) in [4.78, 5) is 13.7. The summed E-state index contributed by atoms with van der Waals surface area (Å²) in [6.45, 7) is 1.82. The molecule has 1 aromatic carbocycles. The Labute approximate surface area is 111 Å². The van der Waals surface area contributed by atoms with E-state index in [1.54, 1.807) is 18.2 Å². The van der Waals surface area contributed by atoms with Gasteiger partial charge in [0.15, 0.2) is 11.6 Å². The minimum absolute atomic E-state index is 0.166. The van der Waals surface area contributed by atoms with Gasteiger partial charge < -0.3 is 15.0 Å². The second-order valence-corrected chi connectivity index (χ2v) is 4.99.